The maximum absolute atomic E-state index is 12.5. The number of nitrogens with zero attached hydrogens (tertiary/aromatic N) is 1. The van der Waals surface area contributed by atoms with Crippen molar-refractivity contribution in [3.8, 4) is 0 Å². The second-order valence-electron chi connectivity index (χ2n) is 5.17. The van der Waals surface area contributed by atoms with Gasteiger partial charge in [-0.2, -0.15) is 0 Å². The van der Waals surface area contributed by atoms with Crippen molar-refractivity contribution in [2.24, 2.45) is 0 Å². The van der Waals surface area contributed by atoms with Crippen LogP contribution in [0, 0.1) is 0 Å². The molecule has 1 heterocycles. The molecule has 0 aliphatic carbocycles. The molecule has 0 saturated carbocycles. The van der Waals surface area contributed by atoms with Gasteiger partial charge in [0.1, 0.15) is 0 Å². The summed E-state index contributed by atoms with van der Waals surface area (Å²) in [7, 11) is -3.06. The summed E-state index contributed by atoms with van der Waals surface area (Å²) in [6, 6.07) is 10.8. The van der Waals surface area contributed by atoms with Crippen molar-refractivity contribution >= 4 is 27.1 Å². The van der Waals surface area contributed by atoms with E-state index in [4.69, 9.17) is 0 Å². The first-order valence-electron chi connectivity index (χ1n) is 6.97. The highest BCUT2D eigenvalue weighted by atomic mass is 32.2. The lowest BCUT2D eigenvalue weighted by molar-refractivity contribution is 0.0754. The molecule has 0 atom stereocenters. The predicted octanol–water partition coefficient (Wildman–Crippen LogP) is 2.96. The molecule has 2 aromatic rings. The van der Waals surface area contributed by atoms with Gasteiger partial charge in [0.25, 0.3) is 5.91 Å². The summed E-state index contributed by atoms with van der Waals surface area (Å²) in [5.41, 5.74) is 1.27. The molecule has 6 heteroatoms. The van der Waals surface area contributed by atoms with Crippen molar-refractivity contribution in [3.05, 3.63) is 57.8 Å². The van der Waals surface area contributed by atoms with Crippen molar-refractivity contribution in [1.29, 1.82) is 0 Å². The van der Waals surface area contributed by atoms with E-state index in [1.54, 1.807) is 40.5 Å². The number of hydrogen-bond acceptors (Lipinski definition) is 4. The van der Waals surface area contributed by atoms with E-state index in [1.807, 2.05) is 24.4 Å². The number of hydrogen-bond donors (Lipinski definition) is 0. The Kier molecular flexibility index (Phi) is 5.37. The van der Waals surface area contributed by atoms with E-state index < -0.39 is 9.84 Å². The molecule has 4 nitrogen and oxygen atoms in total. The zero-order valence-electron chi connectivity index (χ0n) is 12.7. The van der Waals surface area contributed by atoms with Crippen molar-refractivity contribution in [2.75, 3.05) is 12.8 Å². The Morgan fingerprint density at radius 3 is 2.36 bits per heavy atom. The zero-order chi connectivity index (χ0) is 16.2. The lowest BCUT2D eigenvalue weighted by atomic mass is 10.1. The quantitative estimate of drug-likeness (QED) is 0.814. The van der Waals surface area contributed by atoms with Crippen LogP contribution in [0.3, 0.4) is 0 Å². The number of benzene rings is 1. The van der Waals surface area contributed by atoms with Crippen LogP contribution < -0.4 is 0 Å². The van der Waals surface area contributed by atoms with Crippen molar-refractivity contribution in [2.45, 2.75) is 19.2 Å². The first kappa shape index (κ1) is 16.7. The van der Waals surface area contributed by atoms with Gasteiger partial charge in [-0.15, -0.1) is 11.3 Å². The minimum absolute atomic E-state index is 0.00580. The van der Waals surface area contributed by atoms with Crippen molar-refractivity contribution in [3.63, 3.8) is 0 Å². The maximum Gasteiger partial charge on any atom is 0.254 e. The minimum atomic E-state index is -3.06. The smallest absolute Gasteiger partial charge is 0.254 e. The van der Waals surface area contributed by atoms with Crippen LogP contribution >= 0.6 is 11.3 Å². The fourth-order valence-electron chi connectivity index (χ4n) is 2.15. The fourth-order valence-corrected chi connectivity index (χ4v) is 3.66. The predicted molar refractivity (Wildman–Crippen MR) is 89.7 cm³/mol. The number of carbonyl (C=O) groups excluding carboxylic acids is 1. The van der Waals surface area contributed by atoms with Crippen molar-refractivity contribution < 1.29 is 13.2 Å². The third-order valence-electron chi connectivity index (χ3n) is 3.23. The highest BCUT2D eigenvalue weighted by Crippen LogP contribution is 2.15. The molecule has 1 aromatic carbocycles. The van der Waals surface area contributed by atoms with E-state index in [0.29, 0.717) is 24.2 Å². The molecular weight excluding hydrogens is 318 g/mol. The lowest BCUT2D eigenvalue weighted by Gasteiger charge is -2.20. The molecular formula is C16H19NO3S2. The van der Waals surface area contributed by atoms with E-state index in [-0.39, 0.29) is 11.7 Å². The van der Waals surface area contributed by atoms with E-state index in [2.05, 4.69) is 0 Å². The normalized spacial score (nSPS) is 11.4. The van der Waals surface area contributed by atoms with Gasteiger partial charge in [-0.05, 0) is 36.1 Å². The first-order valence-corrected chi connectivity index (χ1v) is 9.91. The monoisotopic (exact) mass is 337 g/mol. The molecule has 0 unspecified atom stereocenters. The second-order valence-corrected chi connectivity index (χ2v) is 8.34. The van der Waals surface area contributed by atoms with Gasteiger partial charge >= 0.3 is 0 Å². The summed E-state index contributed by atoms with van der Waals surface area (Å²) >= 11 is 1.63. The summed E-state index contributed by atoms with van der Waals surface area (Å²) in [5, 5.41) is 1.99. The Balaban J connectivity index is 2.10. The highest BCUT2D eigenvalue weighted by Gasteiger charge is 2.15. The second kappa shape index (κ2) is 7.07. The van der Waals surface area contributed by atoms with E-state index in [9.17, 15) is 13.2 Å². The molecule has 0 aliphatic heterocycles. The SMILES string of the molecule is CCN(Cc1cccs1)C(=O)c1ccc(CS(C)(=O)=O)cc1. The third kappa shape index (κ3) is 4.68. The molecule has 1 aromatic heterocycles. The van der Waals surface area contributed by atoms with Crippen LogP contribution in [0.2, 0.25) is 0 Å². The average molecular weight is 337 g/mol. The molecule has 2 rings (SSSR count). The molecule has 0 saturated heterocycles. The van der Waals surface area contributed by atoms with Gasteiger partial charge in [0.15, 0.2) is 9.84 Å². The largest absolute Gasteiger partial charge is 0.334 e. The van der Waals surface area contributed by atoms with Crippen LogP contribution in [0.25, 0.3) is 0 Å². The van der Waals surface area contributed by atoms with Crippen LogP contribution in [0.1, 0.15) is 27.7 Å². The number of thiophene rings is 1. The number of carbonyl (C=O) groups is 1. The summed E-state index contributed by atoms with van der Waals surface area (Å²) in [5.74, 6) is -0.0458. The zero-order valence-corrected chi connectivity index (χ0v) is 14.3. The maximum atomic E-state index is 12.5. The van der Waals surface area contributed by atoms with E-state index in [0.717, 1.165) is 4.88 Å². The third-order valence-corrected chi connectivity index (χ3v) is 4.94. The first-order chi connectivity index (χ1) is 10.4. The molecule has 0 N–H and O–H groups in total. The van der Waals surface area contributed by atoms with Crippen molar-refractivity contribution in [1.82, 2.24) is 4.90 Å². The molecule has 0 radical (unpaired) electrons. The molecule has 118 valence electrons. The van der Waals surface area contributed by atoms with Crippen LogP contribution in [0.4, 0.5) is 0 Å². The summed E-state index contributed by atoms with van der Waals surface area (Å²) < 4.78 is 22.6. The summed E-state index contributed by atoms with van der Waals surface area (Å²) in [6.07, 6.45) is 1.20. The Labute approximate surface area is 135 Å². The summed E-state index contributed by atoms with van der Waals surface area (Å²) in [4.78, 5) is 15.4. The number of sulfone groups is 1. The Morgan fingerprint density at radius 2 is 1.86 bits per heavy atom. The van der Waals surface area contributed by atoms with Crippen LogP contribution in [0.5, 0.6) is 0 Å². The fraction of sp³-hybridized carbons (Fsp3) is 0.312. The van der Waals surface area contributed by atoms with Gasteiger partial charge in [0, 0.05) is 23.2 Å². The van der Waals surface area contributed by atoms with Gasteiger partial charge in [0.05, 0.1) is 12.3 Å². The Bertz CT molecular complexity index is 719. The van der Waals surface area contributed by atoms with Crippen LogP contribution in [0.15, 0.2) is 41.8 Å². The van der Waals surface area contributed by atoms with Gasteiger partial charge in [-0.25, -0.2) is 8.42 Å². The summed E-state index contributed by atoms with van der Waals surface area (Å²) in [6.45, 7) is 3.17. The standard InChI is InChI=1S/C16H19NO3S2/c1-3-17(11-15-5-4-10-21-15)16(18)14-8-6-13(7-9-14)12-22(2,19)20/h4-10H,3,11-12H2,1-2H3. The highest BCUT2D eigenvalue weighted by molar-refractivity contribution is 7.89. The van der Waals surface area contributed by atoms with Gasteiger partial charge in [0.2, 0.25) is 0 Å². The molecule has 1 amide bonds. The van der Waals surface area contributed by atoms with Gasteiger partial charge < -0.3 is 4.90 Å². The molecule has 0 spiro atoms. The molecule has 0 bridgehead atoms. The lowest BCUT2D eigenvalue weighted by Crippen LogP contribution is -2.29. The van der Waals surface area contributed by atoms with E-state index in [1.165, 1.54) is 6.26 Å². The molecule has 22 heavy (non-hydrogen) atoms. The number of rotatable bonds is 6. The number of amides is 1. The van der Waals surface area contributed by atoms with Gasteiger partial charge in [-0.1, -0.05) is 18.2 Å². The average Bonchev–Trinajstić information content (AvgIpc) is 2.96. The Hall–Kier alpha value is -1.66. The van der Waals surface area contributed by atoms with Crippen LogP contribution in [-0.2, 0) is 22.1 Å². The topological polar surface area (TPSA) is 54.5 Å². The Morgan fingerprint density at radius 1 is 1.18 bits per heavy atom. The van der Waals surface area contributed by atoms with Gasteiger partial charge in [-0.3, -0.25) is 4.79 Å². The molecule has 0 aliphatic rings. The molecule has 0 fully saturated rings. The minimum Gasteiger partial charge on any atom is -0.334 e. The van der Waals surface area contributed by atoms with Crippen LogP contribution in [-0.4, -0.2) is 32.0 Å². The van der Waals surface area contributed by atoms with E-state index >= 15 is 0 Å².